The summed E-state index contributed by atoms with van der Waals surface area (Å²) < 4.78 is 10.7. The molecule has 0 saturated heterocycles. The Labute approximate surface area is 255 Å². The second kappa shape index (κ2) is 14.5. The molecule has 2 heterocycles. The number of unbranched alkanes of at least 4 members (excludes halogenated alkanes) is 1. The number of methoxy groups -OCH3 is 1. The summed E-state index contributed by atoms with van der Waals surface area (Å²) in [5.74, 6) is 0.716. The maximum absolute atomic E-state index is 12.8. The summed E-state index contributed by atoms with van der Waals surface area (Å²) in [7, 11) is 3.52. The quantitative estimate of drug-likeness (QED) is 0.196. The minimum Gasteiger partial charge on any atom is -0.508 e. The van der Waals surface area contributed by atoms with Gasteiger partial charge in [-0.25, -0.2) is 9.78 Å². The van der Waals surface area contributed by atoms with E-state index in [0.29, 0.717) is 13.0 Å². The Bertz CT molecular complexity index is 1380. The molecule has 1 aliphatic rings. The normalized spacial score (nSPS) is 13.9. The summed E-state index contributed by atoms with van der Waals surface area (Å²) in [4.78, 5) is 34.0. The number of anilines is 1. The van der Waals surface area contributed by atoms with Gasteiger partial charge >= 0.3 is 12.1 Å². The number of fused-ring (bicyclic) bond motifs is 1. The molecular formula is C35H45N3O5. The first-order valence-corrected chi connectivity index (χ1v) is 15.2. The Morgan fingerprint density at radius 2 is 1.81 bits per heavy atom. The Morgan fingerprint density at radius 3 is 2.53 bits per heavy atom. The van der Waals surface area contributed by atoms with Crippen LogP contribution in [0.3, 0.4) is 0 Å². The number of phenols is 1. The fourth-order valence-corrected chi connectivity index (χ4v) is 5.47. The summed E-state index contributed by atoms with van der Waals surface area (Å²) >= 11 is 0. The van der Waals surface area contributed by atoms with Crippen LogP contribution in [-0.4, -0.2) is 66.4 Å². The molecule has 0 unspecified atom stereocenters. The monoisotopic (exact) mass is 587 g/mol. The molecule has 0 radical (unpaired) electrons. The molecule has 0 bridgehead atoms. The molecule has 0 spiro atoms. The second-order valence-corrected chi connectivity index (χ2v) is 12.4. The van der Waals surface area contributed by atoms with Gasteiger partial charge in [0.1, 0.15) is 17.2 Å². The predicted molar refractivity (Wildman–Crippen MR) is 169 cm³/mol. The highest BCUT2D eigenvalue weighted by atomic mass is 16.6. The number of amides is 1. The number of aryl methyl sites for hydroxylation is 2. The Morgan fingerprint density at radius 1 is 1.05 bits per heavy atom. The zero-order valence-electron chi connectivity index (χ0n) is 26.1. The summed E-state index contributed by atoms with van der Waals surface area (Å²) in [6, 6.07) is 19.6. The number of hydrogen-bond acceptors (Lipinski definition) is 7. The highest BCUT2D eigenvalue weighted by Gasteiger charge is 2.28. The lowest BCUT2D eigenvalue weighted by Crippen LogP contribution is -2.40. The van der Waals surface area contributed by atoms with Gasteiger partial charge in [-0.1, -0.05) is 42.5 Å². The summed E-state index contributed by atoms with van der Waals surface area (Å²) in [6.07, 6.45) is 4.53. The number of esters is 1. The third-order valence-corrected chi connectivity index (χ3v) is 7.67. The zero-order chi connectivity index (χ0) is 31.0. The third-order valence-electron chi connectivity index (χ3n) is 7.67. The van der Waals surface area contributed by atoms with Gasteiger partial charge in [0, 0.05) is 24.7 Å². The van der Waals surface area contributed by atoms with Crippen molar-refractivity contribution in [2.45, 2.75) is 70.8 Å². The number of aromatic hydroxyl groups is 1. The molecule has 1 atom stereocenters. The lowest BCUT2D eigenvalue weighted by Gasteiger charge is -2.31. The van der Waals surface area contributed by atoms with Crippen LogP contribution in [-0.2, 0) is 27.1 Å². The van der Waals surface area contributed by atoms with Crippen molar-refractivity contribution in [3.63, 3.8) is 0 Å². The number of nitrogens with zero attached hydrogens (tertiary/aromatic N) is 3. The molecule has 0 fully saturated rings. The van der Waals surface area contributed by atoms with E-state index >= 15 is 0 Å². The number of carbonyl (C=O) groups is 2. The van der Waals surface area contributed by atoms with Gasteiger partial charge in [-0.3, -0.25) is 9.69 Å². The van der Waals surface area contributed by atoms with Gasteiger partial charge < -0.3 is 19.5 Å². The average Bonchev–Trinajstić information content (AvgIpc) is 2.98. The zero-order valence-corrected chi connectivity index (χ0v) is 26.1. The van der Waals surface area contributed by atoms with E-state index in [1.54, 1.807) is 17.0 Å². The first-order valence-electron chi connectivity index (χ1n) is 15.2. The molecule has 4 rings (SSSR count). The molecule has 230 valence electrons. The van der Waals surface area contributed by atoms with E-state index in [4.69, 9.17) is 14.5 Å². The van der Waals surface area contributed by atoms with Crippen LogP contribution in [0.15, 0.2) is 60.7 Å². The van der Waals surface area contributed by atoms with Crippen LogP contribution in [0.1, 0.15) is 69.2 Å². The highest BCUT2D eigenvalue weighted by molar-refractivity contribution is 5.88. The van der Waals surface area contributed by atoms with Crippen molar-refractivity contribution in [2.24, 2.45) is 0 Å². The van der Waals surface area contributed by atoms with Crippen LogP contribution < -0.4 is 4.90 Å². The van der Waals surface area contributed by atoms with E-state index in [-0.39, 0.29) is 23.7 Å². The number of likely N-dealkylation sites (N-methyl/N-ethyl adjacent to an activating group) is 1. The first kappa shape index (κ1) is 32.0. The summed E-state index contributed by atoms with van der Waals surface area (Å²) in [6.45, 7) is 7.85. The van der Waals surface area contributed by atoms with Gasteiger partial charge in [-0.15, -0.1) is 0 Å². The first-order chi connectivity index (χ1) is 20.5. The molecule has 8 nitrogen and oxygen atoms in total. The van der Waals surface area contributed by atoms with Gasteiger partial charge in [0.2, 0.25) is 0 Å². The average molecular weight is 588 g/mol. The van der Waals surface area contributed by atoms with Crippen LogP contribution in [0.2, 0.25) is 0 Å². The second-order valence-electron chi connectivity index (χ2n) is 12.4. The number of rotatable bonds is 11. The van der Waals surface area contributed by atoms with Crippen molar-refractivity contribution >= 4 is 17.9 Å². The largest absolute Gasteiger partial charge is 0.508 e. The van der Waals surface area contributed by atoms with Crippen molar-refractivity contribution in [3.8, 4) is 16.9 Å². The third kappa shape index (κ3) is 9.29. The lowest BCUT2D eigenvalue weighted by atomic mass is 9.92. The maximum atomic E-state index is 12.8. The number of aromatic nitrogens is 1. The SMILES string of the molecule is COC(=O)C[C@H](CN(C)CCCCc1ccc2c(n1)N(C(=O)OC(C)(C)C)CCC2)c1cccc(-c2ccc(O)cc2)c1. The fourth-order valence-electron chi connectivity index (χ4n) is 5.47. The minimum atomic E-state index is -0.552. The standard InChI is InChI=1S/C35H45N3O5/c1-35(2,3)43-34(41)38-21-9-12-26-14-17-30(36-33(26)38)13-6-7-20-37(4)24-29(23-32(40)42-5)28-11-8-10-27(22-28)25-15-18-31(39)19-16-25/h8,10-11,14-19,22,29,39H,6-7,9,12-13,20-21,23-24H2,1-5H3/t29-/m1/s1. The Kier molecular flexibility index (Phi) is 10.8. The molecule has 0 saturated carbocycles. The van der Waals surface area contributed by atoms with Crippen LogP contribution in [0.4, 0.5) is 10.6 Å². The van der Waals surface area contributed by atoms with Crippen LogP contribution in [0.5, 0.6) is 5.75 Å². The number of ether oxygens (including phenoxy) is 2. The van der Waals surface area contributed by atoms with Gasteiger partial charge in [0.15, 0.2) is 0 Å². The maximum Gasteiger partial charge on any atom is 0.416 e. The molecular weight excluding hydrogens is 542 g/mol. The lowest BCUT2D eigenvalue weighted by molar-refractivity contribution is -0.141. The van der Waals surface area contributed by atoms with E-state index in [1.807, 2.05) is 45.0 Å². The molecule has 1 N–H and O–H groups in total. The Balaban J connectivity index is 1.35. The summed E-state index contributed by atoms with van der Waals surface area (Å²) in [5.41, 5.74) is 4.64. The number of carbonyl (C=O) groups excluding carboxylic acids is 2. The van der Waals surface area contributed by atoms with Crippen LogP contribution in [0.25, 0.3) is 11.1 Å². The van der Waals surface area contributed by atoms with E-state index in [2.05, 4.69) is 36.2 Å². The number of benzene rings is 2. The van der Waals surface area contributed by atoms with Gasteiger partial charge in [-0.2, -0.15) is 0 Å². The van der Waals surface area contributed by atoms with Crippen molar-refractivity contribution in [3.05, 3.63) is 77.5 Å². The smallest absolute Gasteiger partial charge is 0.416 e. The molecule has 43 heavy (non-hydrogen) atoms. The fraction of sp³-hybridized carbons (Fsp3) is 0.457. The van der Waals surface area contributed by atoms with Crippen molar-refractivity contribution < 1.29 is 24.2 Å². The highest BCUT2D eigenvalue weighted by Crippen LogP contribution is 2.29. The van der Waals surface area contributed by atoms with E-state index in [1.165, 1.54) is 7.11 Å². The van der Waals surface area contributed by atoms with Gasteiger partial charge in [0.25, 0.3) is 0 Å². The van der Waals surface area contributed by atoms with Gasteiger partial charge in [-0.05, 0) is 107 Å². The molecule has 1 aliphatic heterocycles. The molecule has 2 aromatic carbocycles. The molecule has 1 amide bonds. The van der Waals surface area contributed by atoms with E-state index in [0.717, 1.165) is 79.0 Å². The van der Waals surface area contributed by atoms with E-state index in [9.17, 15) is 14.7 Å². The molecule has 1 aromatic heterocycles. The van der Waals surface area contributed by atoms with Crippen LogP contribution in [0, 0.1) is 0 Å². The topological polar surface area (TPSA) is 92.2 Å². The number of pyridine rings is 1. The van der Waals surface area contributed by atoms with E-state index < -0.39 is 5.60 Å². The number of phenolic OH excluding ortho intramolecular Hbond substituents is 1. The number of hydrogen-bond donors (Lipinski definition) is 1. The molecule has 8 heteroatoms. The van der Waals surface area contributed by atoms with Crippen molar-refractivity contribution in [1.29, 1.82) is 0 Å². The van der Waals surface area contributed by atoms with Crippen molar-refractivity contribution in [1.82, 2.24) is 9.88 Å². The minimum absolute atomic E-state index is 0.0179. The van der Waals surface area contributed by atoms with Gasteiger partial charge in [0.05, 0.1) is 13.5 Å². The Hall–Kier alpha value is -3.91. The predicted octanol–water partition coefficient (Wildman–Crippen LogP) is 6.74. The summed E-state index contributed by atoms with van der Waals surface area (Å²) in [5, 5.41) is 9.66. The molecule has 0 aliphatic carbocycles. The van der Waals surface area contributed by atoms with Crippen LogP contribution >= 0.6 is 0 Å². The van der Waals surface area contributed by atoms with Crippen molar-refractivity contribution in [2.75, 3.05) is 38.7 Å². The molecule has 3 aromatic rings.